The van der Waals surface area contributed by atoms with Gasteiger partial charge in [-0.25, -0.2) is 9.78 Å². The number of benzene rings is 1. The Bertz CT molecular complexity index is 821. The molecular weight excluding hydrogens is 361 g/mol. The summed E-state index contributed by atoms with van der Waals surface area (Å²) in [6, 6.07) is 6.01. The number of amides is 2. The van der Waals surface area contributed by atoms with Crippen LogP contribution in [-0.2, 0) is 6.18 Å². The summed E-state index contributed by atoms with van der Waals surface area (Å²) < 4.78 is 44.9. The summed E-state index contributed by atoms with van der Waals surface area (Å²) in [5, 5.41) is 2.35. The maximum atomic E-state index is 13.0. The van der Waals surface area contributed by atoms with Gasteiger partial charge in [-0.05, 0) is 26.0 Å². The smallest absolute Gasteiger partial charge is 0.418 e. The van der Waals surface area contributed by atoms with Gasteiger partial charge in [0.1, 0.15) is 11.9 Å². The van der Waals surface area contributed by atoms with Crippen LogP contribution in [0.2, 0.25) is 0 Å². The summed E-state index contributed by atoms with van der Waals surface area (Å²) >= 11 is 0. The predicted molar refractivity (Wildman–Crippen MR) is 92.6 cm³/mol. The summed E-state index contributed by atoms with van der Waals surface area (Å²) in [7, 11) is 0. The highest BCUT2D eigenvalue weighted by Crippen LogP contribution is 2.34. The van der Waals surface area contributed by atoms with E-state index in [0.717, 1.165) is 11.8 Å². The SMILES string of the molecule is Cc1cc(OC2CCN(C(=O)Nc3ccccc3C(F)(F)F)C2)nc(C)n1. The molecule has 1 atom stereocenters. The third-order valence-corrected chi connectivity index (χ3v) is 4.14. The first kappa shape index (κ1) is 18.9. The van der Waals surface area contributed by atoms with Crippen molar-refractivity contribution < 1.29 is 22.7 Å². The zero-order valence-corrected chi connectivity index (χ0v) is 14.9. The number of hydrogen-bond donors (Lipinski definition) is 1. The van der Waals surface area contributed by atoms with Crippen molar-refractivity contribution in [3.8, 4) is 5.88 Å². The van der Waals surface area contributed by atoms with Gasteiger partial charge in [0.25, 0.3) is 0 Å². The molecule has 3 rings (SSSR count). The minimum Gasteiger partial charge on any atom is -0.472 e. The fourth-order valence-corrected chi connectivity index (χ4v) is 2.96. The second-order valence-electron chi connectivity index (χ2n) is 6.34. The molecule has 1 N–H and O–H groups in total. The molecule has 2 aromatic rings. The number of carbonyl (C=O) groups excluding carboxylic acids is 1. The first-order chi connectivity index (χ1) is 12.7. The molecule has 1 aromatic carbocycles. The lowest BCUT2D eigenvalue weighted by molar-refractivity contribution is -0.136. The van der Waals surface area contributed by atoms with Gasteiger partial charge < -0.3 is 15.0 Å². The number of aryl methyl sites for hydroxylation is 2. The summed E-state index contributed by atoms with van der Waals surface area (Å²) in [5.41, 5.74) is -0.368. The van der Waals surface area contributed by atoms with Crippen molar-refractivity contribution in [1.29, 1.82) is 0 Å². The minimum atomic E-state index is -4.54. The second-order valence-corrected chi connectivity index (χ2v) is 6.34. The molecule has 1 aromatic heterocycles. The lowest BCUT2D eigenvalue weighted by atomic mass is 10.1. The first-order valence-corrected chi connectivity index (χ1v) is 8.43. The van der Waals surface area contributed by atoms with Crippen LogP contribution in [0.4, 0.5) is 23.7 Å². The maximum absolute atomic E-state index is 13.0. The minimum absolute atomic E-state index is 0.263. The lowest BCUT2D eigenvalue weighted by Gasteiger charge is -2.19. The van der Waals surface area contributed by atoms with Crippen molar-refractivity contribution in [2.24, 2.45) is 0 Å². The lowest BCUT2D eigenvalue weighted by Crippen LogP contribution is -2.35. The molecule has 6 nitrogen and oxygen atoms in total. The molecule has 9 heteroatoms. The van der Waals surface area contributed by atoms with Gasteiger partial charge in [0.2, 0.25) is 5.88 Å². The Hall–Kier alpha value is -2.84. The van der Waals surface area contributed by atoms with Gasteiger partial charge in [-0.15, -0.1) is 0 Å². The van der Waals surface area contributed by atoms with Gasteiger partial charge >= 0.3 is 12.2 Å². The molecule has 1 aliphatic rings. The number of halogens is 3. The zero-order valence-electron chi connectivity index (χ0n) is 14.9. The third-order valence-electron chi connectivity index (χ3n) is 4.14. The number of aromatic nitrogens is 2. The van der Waals surface area contributed by atoms with Crippen LogP contribution in [0.25, 0.3) is 0 Å². The fourth-order valence-electron chi connectivity index (χ4n) is 2.96. The van der Waals surface area contributed by atoms with Crippen molar-refractivity contribution in [1.82, 2.24) is 14.9 Å². The molecule has 0 bridgehead atoms. The van der Waals surface area contributed by atoms with Crippen LogP contribution in [0.15, 0.2) is 30.3 Å². The van der Waals surface area contributed by atoms with Gasteiger partial charge in [0.15, 0.2) is 0 Å². The number of likely N-dealkylation sites (tertiary alicyclic amines) is 1. The van der Waals surface area contributed by atoms with Crippen LogP contribution in [0.5, 0.6) is 5.88 Å². The molecule has 0 saturated carbocycles. The van der Waals surface area contributed by atoms with E-state index in [-0.39, 0.29) is 18.3 Å². The van der Waals surface area contributed by atoms with Crippen LogP contribution in [0, 0.1) is 13.8 Å². The van der Waals surface area contributed by atoms with E-state index < -0.39 is 17.8 Å². The quantitative estimate of drug-likeness (QED) is 0.880. The topological polar surface area (TPSA) is 67.3 Å². The summed E-state index contributed by atoms with van der Waals surface area (Å²) in [6.07, 6.45) is -4.25. The summed E-state index contributed by atoms with van der Waals surface area (Å²) in [4.78, 5) is 22.2. The predicted octanol–water partition coefficient (Wildman–Crippen LogP) is 3.80. The normalized spacial score (nSPS) is 17.1. The summed E-state index contributed by atoms with van der Waals surface area (Å²) in [5.74, 6) is 1.01. The highest BCUT2D eigenvalue weighted by atomic mass is 19.4. The zero-order chi connectivity index (χ0) is 19.6. The molecule has 0 aliphatic carbocycles. The molecular formula is C18H19F3N4O2. The molecule has 1 saturated heterocycles. The highest BCUT2D eigenvalue weighted by molar-refractivity contribution is 5.90. The number of para-hydroxylation sites is 1. The van der Waals surface area contributed by atoms with E-state index in [9.17, 15) is 18.0 Å². The number of ether oxygens (including phenoxy) is 1. The molecule has 144 valence electrons. The Morgan fingerprint density at radius 1 is 1.26 bits per heavy atom. The molecule has 0 radical (unpaired) electrons. The first-order valence-electron chi connectivity index (χ1n) is 8.43. The van der Waals surface area contributed by atoms with E-state index in [4.69, 9.17) is 4.74 Å². The van der Waals surface area contributed by atoms with Crippen molar-refractivity contribution in [2.45, 2.75) is 32.5 Å². The van der Waals surface area contributed by atoms with Gasteiger partial charge in [0.05, 0.1) is 17.8 Å². The van der Waals surface area contributed by atoms with Gasteiger partial charge in [0, 0.05) is 24.7 Å². The Morgan fingerprint density at radius 2 is 2.00 bits per heavy atom. The Balaban J connectivity index is 1.63. The molecule has 1 unspecified atom stereocenters. The Kier molecular flexibility index (Phi) is 5.20. The maximum Gasteiger partial charge on any atom is 0.418 e. The largest absolute Gasteiger partial charge is 0.472 e. The molecule has 2 amide bonds. The van der Waals surface area contributed by atoms with E-state index in [1.807, 2.05) is 6.92 Å². The number of alkyl halides is 3. The van der Waals surface area contributed by atoms with Crippen molar-refractivity contribution in [3.05, 3.63) is 47.4 Å². The van der Waals surface area contributed by atoms with E-state index in [1.54, 1.807) is 13.0 Å². The molecule has 1 aliphatic heterocycles. The van der Waals surface area contributed by atoms with Gasteiger partial charge in [-0.3, -0.25) is 0 Å². The van der Waals surface area contributed by atoms with Crippen LogP contribution in [0.3, 0.4) is 0 Å². The van der Waals surface area contributed by atoms with Crippen molar-refractivity contribution in [2.75, 3.05) is 18.4 Å². The monoisotopic (exact) mass is 380 g/mol. The summed E-state index contributed by atoms with van der Waals surface area (Å²) in [6.45, 7) is 4.23. The number of hydrogen-bond acceptors (Lipinski definition) is 4. The number of anilines is 1. The van der Waals surface area contributed by atoms with Crippen LogP contribution >= 0.6 is 0 Å². The van der Waals surface area contributed by atoms with E-state index >= 15 is 0 Å². The van der Waals surface area contributed by atoms with Crippen molar-refractivity contribution in [3.63, 3.8) is 0 Å². The number of nitrogens with zero attached hydrogens (tertiary/aromatic N) is 3. The number of urea groups is 1. The molecule has 1 fully saturated rings. The Labute approximate surface area is 154 Å². The third kappa shape index (κ3) is 4.66. The fraction of sp³-hybridized carbons (Fsp3) is 0.389. The second kappa shape index (κ2) is 7.42. The van der Waals surface area contributed by atoms with Crippen LogP contribution in [-0.4, -0.2) is 40.1 Å². The average molecular weight is 380 g/mol. The number of nitrogens with one attached hydrogen (secondary N) is 1. The van der Waals surface area contributed by atoms with Crippen LogP contribution < -0.4 is 10.1 Å². The highest BCUT2D eigenvalue weighted by Gasteiger charge is 2.34. The Morgan fingerprint density at radius 3 is 2.70 bits per heavy atom. The van der Waals surface area contributed by atoms with E-state index in [2.05, 4.69) is 15.3 Å². The van der Waals surface area contributed by atoms with Crippen molar-refractivity contribution >= 4 is 11.7 Å². The molecule has 0 spiro atoms. The van der Waals surface area contributed by atoms with E-state index in [0.29, 0.717) is 24.7 Å². The van der Waals surface area contributed by atoms with E-state index in [1.165, 1.54) is 23.1 Å². The molecule has 27 heavy (non-hydrogen) atoms. The molecule has 2 heterocycles. The number of rotatable bonds is 3. The average Bonchev–Trinajstić information content (AvgIpc) is 3.02. The standard InChI is InChI=1S/C18H19F3N4O2/c1-11-9-16(23-12(2)22-11)27-13-7-8-25(10-13)17(26)24-15-6-4-3-5-14(15)18(19,20)21/h3-6,9,13H,7-8,10H2,1-2H3,(H,24,26). The van der Waals surface area contributed by atoms with Gasteiger partial charge in [-0.2, -0.15) is 18.2 Å². The number of carbonyl (C=O) groups is 1. The van der Waals surface area contributed by atoms with Crippen LogP contribution in [0.1, 0.15) is 23.5 Å². The van der Waals surface area contributed by atoms with Gasteiger partial charge in [-0.1, -0.05) is 12.1 Å².